The van der Waals surface area contributed by atoms with Crippen LogP contribution < -0.4 is 5.43 Å². The lowest BCUT2D eigenvalue weighted by Gasteiger charge is -2.28. The van der Waals surface area contributed by atoms with Gasteiger partial charge in [0.25, 0.3) is 11.8 Å². The summed E-state index contributed by atoms with van der Waals surface area (Å²) in [5.74, 6) is -0.694. The number of aryl methyl sites for hydroxylation is 2. The van der Waals surface area contributed by atoms with E-state index < -0.39 is 0 Å². The highest BCUT2D eigenvalue weighted by Gasteiger charge is 2.33. The SMILES string of the molecule is Cc1ccc(NN2C(=O)c3cccc4cc(Br)cc(c34)C2=O)c(C)c1. The average molecular weight is 395 g/mol. The van der Waals surface area contributed by atoms with E-state index in [1.54, 1.807) is 12.1 Å². The Bertz CT molecular complexity index is 1060. The second-order valence-electron chi connectivity index (χ2n) is 6.23. The van der Waals surface area contributed by atoms with E-state index in [-0.39, 0.29) is 11.8 Å². The standard InChI is InChI=1S/C20H15BrN2O2/c1-11-6-7-17(12(2)8-11)22-23-19(24)15-5-3-4-13-9-14(21)10-16(18(13)15)20(23)25/h3-10,22H,1-2H3. The van der Waals surface area contributed by atoms with E-state index in [2.05, 4.69) is 21.4 Å². The molecule has 0 fully saturated rings. The first-order valence-electron chi connectivity index (χ1n) is 7.90. The van der Waals surface area contributed by atoms with Crippen LogP contribution in [0.5, 0.6) is 0 Å². The molecule has 4 rings (SSSR count). The first-order valence-corrected chi connectivity index (χ1v) is 8.70. The molecule has 5 heteroatoms. The Morgan fingerprint density at radius 2 is 1.68 bits per heavy atom. The minimum absolute atomic E-state index is 0.342. The predicted molar refractivity (Wildman–Crippen MR) is 102 cm³/mol. The second-order valence-corrected chi connectivity index (χ2v) is 7.15. The summed E-state index contributed by atoms with van der Waals surface area (Å²) in [6.07, 6.45) is 0. The molecular weight excluding hydrogens is 380 g/mol. The molecule has 0 atom stereocenters. The Kier molecular flexibility index (Phi) is 3.62. The lowest BCUT2D eigenvalue weighted by molar-refractivity contribution is 0.0649. The number of carbonyl (C=O) groups excluding carboxylic acids is 2. The van der Waals surface area contributed by atoms with Crippen LogP contribution in [0.25, 0.3) is 10.8 Å². The van der Waals surface area contributed by atoms with Gasteiger partial charge in [0.1, 0.15) is 0 Å². The van der Waals surface area contributed by atoms with Crippen molar-refractivity contribution in [3.63, 3.8) is 0 Å². The zero-order valence-corrected chi connectivity index (χ0v) is 15.3. The summed E-state index contributed by atoms with van der Waals surface area (Å²) in [4.78, 5) is 25.9. The summed E-state index contributed by atoms with van der Waals surface area (Å²) >= 11 is 3.45. The smallest absolute Gasteiger partial charge is 0.280 e. The number of nitrogens with one attached hydrogen (secondary N) is 1. The fourth-order valence-corrected chi connectivity index (χ4v) is 3.71. The highest BCUT2D eigenvalue weighted by atomic mass is 79.9. The number of amides is 2. The van der Waals surface area contributed by atoms with Crippen molar-refractivity contribution in [1.82, 2.24) is 5.01 Å². The number of carbonyl (C=O) groups is 2. The average Bonchev–Trinajstić information content (AvgIpc) is 2.57. The maximum absolute atomic E-state index is 13.0. The second kappa shape index (κ2) is 5.70. The van der Waals surface area contributed by atoms with E-state index in [1.807, 2.05) is 50.2 Å². The van der Waals surface area contributed by atoms with Gasteiger partial charge in [0.05, 0.1) is 16.8 Å². The number of benzene rings is 3. The summed E-state index contributed by atoms with van der Waals surface area (Å²) in [6.45, 7) is 3.95. The third-order valence-corrected chi connectivity index (χ3v) is 4.88. The fourth-order valence-electron chi connectivity index (χ4n) is 3.23. The molecule has 1 aliphatic heterocycles. The Balaban J connectivity index is 1.84. The van der Waals surface area contributed by atoms with Crippen molar-refractivity contribution >= 4 is 44.2 Å². The minimum atomic E-state index is -0.352. The maximum Gasteiger partial charge on any atom is 0.280 e. The van der Waals surface area contributed by atoms with Gasteiger partial charge in [-0.2, -0.15) is 5.01 Å². The number of halogens is 1. The molecule has 0 saturated carbocycles. The van der Waals surface area contributed by atoms with Gasteiger partial charge in [-0.1, -0.05) is 45.8 Å². The number of hydrazine groups is 1. The van der Waals surface area contributed by atoms with Gasteiger partial charge in [0.15, 0.2) is 0 Å². The molecule has 3 aromatic rings. The van der Waals surface area contributed by atoms with Gasteiger partial charge < -0.3 is 0 Å². The fraction of sp³-hybridized carbons (Fsp3) is 0.100. The van der Waals surface area contributed by atoms with Gasteiger partial charge in [-0.25, -0.2) is 0 Å². The molecule has 25 heavy (non-hydrogen) atoms. The molecule has 1 heterocycles. The van der Waals surface area contributed by atoms with Gasteiger partial charge in [0.2, 0.25) is 0 Å². The van der Waals surface area contributed by atoms with Crippen LogP contribution in [0.15, 0.2) is 53.0 Å². The van der Waals surface area contributed by atoms with E-state index in [0.717, 1.165) is 31.7 Å². The number of nitrogens with zero attached hydrogens (tertiary/aromatic N) is 1. The van der Waals surface area contributed by atoms with Crippen LogP contribution in [0.4, 0.5) is 5.69 Å². The van der Waals surface area contributed by atoms with E-state index in [0.29, 0.717) is 16.5 Å². The predicted octanol–water partition coefficient (Wildman–Crippen LogP) is 4.84. The van der Waals surface area contributed by atoms with Crippen molar-refractivity contribution in [3.8, 4) is 0 Å². The molecular formula is C20H15BrN2O2. The summed E-state index contributed by atoms with van der Waals surface area (Å²) in [5, 5.41) is 2.68. The van der Waals surface area contributed by atoms with E-state index >= 15 is 0 Å². The van der Waals surface area contributed by atoms with E-state index in [1.165, 1.54) is 0 Å². The Labute approximate surface area is 153 Å². The molecule has 4 nitrogen and oxygen atoms in total. The van der Waals surface area contributed by atoms with Gasteiger partial charge >= 0.3 is 0 Å². The summed E-state index contributed by atoms with van der Waals surface area (Å²) in [7, 11) is 0. The number of hydrogen-bond acceptors (Lipinski definition) is 3. The highest BCUT2D eigenvalue weighted by molar-refractivity contribution is 9.10. The van der Waals surface area contributed by atoms with Crippen LogP contribution in [0.1, 0.15) is 31.8 Å². The van der Waals surface area contributed by atoms with Gasteiger partial charge in [-0.05, 0) is 49.1 Å². The van der Waals surface area contributed by atoms with Crippen LogP contribution in [0.3, 0.4) is 0 Å². The van der Waals surface area contributed by atoms with Crippen molar-refractivity contribution in [3.05, 3.63) is 75.3 Å². The van der Waals surface area contributed by atoms with E-state index in [9.17, 15) is 9.59 Å². The number of imide groups is 1. The van der Waals surface area contributed by atoms with Crippen LogP contribution in [-0.4, -0.2) is 16.8 Å². The monoisotopic (exact) mass is 394 g/mol. The first-order chi connectivity index (χ1) is 12.0. The number of anilines is 1. The summed E-state index contributed by atoms with van der Waals surface area (Å²) in [6, 6.07) is 15.0. The van der Waals surface area contributed by atoms with Crippen molar-refractivity contribution in [2.24, 2.45) is 0 Å². The molecule has 0 saturated heterocycles. The third-order valence-electron chi connectivity index (χ3n) is 4.42. The number of hydrogen-bond donors (Lipinski definition) is 1. The normalized spacial score (nSPS) is 13.5. The zero-order chi connectivity index (χ0) is 17.7. The summed E-state index contributed by atoms with van der Waals surface area (Å²) < 4.78 is 0.807. The lowest BCUT2D eigenvalue weighted by atomic mass is 9.95. The van der Waals surface area contributed by atoms with Crippen molar-refractivity contribution in [2.75, 3.05) is 5.43 Å². The third kappa shape index (κ3) is 2.51. The molecule has 0 aliphatic carbocycles. The van der Waals surface area contributed by atoms with Crippen LogP contribution in [0.2, 0.25) is 0 Å². The molecule has 2 amide bonds. The van der Waals surface area contributed by atoms with Crippen LogP contribution in [0, 0.1) is 13.8 Å². The molecule has 0 spiro atoms. The van der Waals surface area contributed by atoms with Crippen molar-refractivity contribution < 1.29 is 9.59 Å². The van der Waals surface area contributed by atoms with Crippen molar-refractivity contribution in [2.45, 2.75) is 13.8 Å². The molecule has 3 aromatic carbocycles. The Morgan fingerprint density at radius 3 is 2.44 bits per heavy atom. The molecule has 1 aliphatic rings. The quantitative estimate of drug-likeness (QED) is 0.632. The molecule has 0 radical (unpaired) electrons. The highest BCUT2D eigenvalue weighted by Crippen LogP contribution is 2.33. The Morgan fingerprint density at radius 1 is 0.920 bits per heavy atom. The largest absolute Gasteiger partial charge is 0.288 e. The molecule has 1 N–H and O–H groups in total. The topological polar surface area (TPSA) is 49.4 Å². The molecule has 0 aromatic heterocycles. The Hall–Kier alpha value is -2.66. The van der Waals surface area contributed by atoms with Gasteiger partial charge in [0, 0.05) is 9.86 Å². The minimum Gasteiger partial charge on any atom is -0.288 e. The number of rotatable bonds is 2. The first kappa shape index (κ1) is 15.8. The summed E-state index contributed by atoms with van der Waals surface area (Å²) in [5.41, 5.74) is 6.86. The van der Waals surface area contributed by atoms with Crippen LogP contribution in [-0.2, 0) is 0 Å². The van der Waals surface area contributed by atoms with Gasteiger partial charge in [-0.15, -0.1) is 0 Å². The molecule has 0 bridgehead atoms. The van der Waals surface area contributed by atoms with Gasteiger partial charge in [-0.3, -0.25) is 15.0 Å². The molecule has 124 valence electrons. The maximum atomic E-state index is 13.0. The van der Waals surface area contributed by atoms with E-state index in [4.69, 9.17) is 0 Å². The lowest BCUT2D eigenvalue weighted by Crippen LogP contribution is -2.44. The zero-order valence-electron chi connectivity index (χ0n) is 13.8. The van der Waals surface area contributed by atoms with Crippen molar-refractivity contribution in [1.29, 1.82) is 0 Å². The van der Waals surface area contributed by atoms with Crippen LogP contribution >= 0.6 is 15.9 Å². The molecule has 0 unspecified atom stereocenters.